The molecule has 0 aromatic rings. The van der Waals surface area contributed by atoms with E-state index < -0.39 is 5.60 Å². The van der Waals surface area contributed by atoms with E-state index in [9.17, 15) is 5.11 Å². The van der Waals surface area contributed by atoms with Gasteiger partial charge in [-0.05, 0) is 5.92 Å². The third kappa shape index (κ3) is 0.898. The molecule has 1 fully saturated rings. The van der Waals surface area contributed by atoms with Gasteiger partial charge in [0.15, 0.2) is 0 Å². The maximum absolute atomic E-state index is 9.36. The molecule has 56 valence electrons. The van der Waals surface area contributed by atoms with Crippen LogP contribution in [0.15, 0.2) is 0 Å². The Hall–Kier alpha value is -0.590. The SMILES string of the molecule is CC(C)C1OCC1(O)C#N. The van der Waals surface area contributed by atoms with Gasteiger partial charge in [-0.2, -0.15) is 5.26 Å². The Morgan fingerprint density at radius 3 is 2.50 bits per heavy atom. The topological polar surface area (TPSA) is 53.2 Å². The molecule has 10 heavy (non-hydrogen) atoms. The predicted octanol–water partition coefficient (Wildman–Crippen LogP) is 0.296. The summed E-state index contributed by atoms with van der Waals surface area (Å²) in [6.45, 7) is 4.00. The van der Waals surface area contributed by atoms with Gasteiger partial charge in [-0.1, -0.05) is 13.8 Å². The van der Waals surface area contributed by atoms with Crippen LogP contribution in [0.2, 0.25) is 0 Å². The monoisotopic (exact) mass is 141 g/mol. The Balaban J connectivity index is 2.60. The maximum atomic E-state index is 9.36. The van der Waals surface area contributed by atoms with Crippen LogP contribution >= 0.6 is 0 Å². The number of nitriles is 1. The summed E-state index contributed by atoms with van der Waals surface area (Å²) in [6.07, 6.45) is -0.294. The number of hydrogen-bond donors (Lipinski definition) is 1. The molecule has 0 radical (unpaired) electrons. The molecule has 0 aromatic carbocycles. The molecule has 0 saturated carbocycles. The lowest BCUT2D eigenvalue weighted by Crippen LogP contribution is -2.59. The fourth-order valence-corrected chi connectivity index (χ4v) is 1.18. The Morgan fingerprint density at radius 1 is 1.80 bits per heavy atom. The first kappa shape index (κ1) is 7.52. The van der Waals surface area contributed by atoms with E-state index in [2.05, 4.69) is 0 Å². The highest BCUT2D eigenvalue weighted by atomic mass is 16.6. The van der Waals surface area contributed by atoms with Crippen molar-refractivity contribution in [3.63, 3.8) is 0 Å². The van der Waals surface area contributed by atoms with Gasteiger partial charge in [0.05, 0.1) is 6.61 Å². The van der Waals surface area contributed by atoms with Crippen LogP contribution in [-0.2, 0) is 4.74 Å². The molecule has 0 bridgehead atoms. The first-order chi connectivity index (χ1) is 4.60. The van der Waals surface area contributed by atoms with Crippen molar-refractivity contribution in [2.75, 3.05) is 6.61 Å². The smallest absolute Gasteiger partial charge is 0.201 e. The molecule has 1 N–H and O–H groups in total. The van der Waals surface area contributed by atoms with Crippen molar-refractivity contribution in [1.82, 2.24) is 0 Å². The van der Waals surface area contributed by atoms with Crippen LogP contribution in [-0.4, -0.2) is 23.4 Å². The highest BCUT2D eigenvalue weighted by Crippen LogP contribution is 2.30. The zero-order valence-electron chi connectivity index (χ0n) is 6.16. The van der Waals surface area contributed by atoms with Crippen LogP contribution in [0.4, 0.5) is 0 Å². The van der Waals surface area contributed by atoms with Crippen molar-refractivity contribution in [3.05, 3.63) is 0 Å². The van der Waals surface area contributed by atoms with Crippen molar-refractivity contribution in [3.8, 4) is 6.07 Å². The van der Waals surface area contributed by atoms with Gasteiger partial charge in [0, 0.05) is 0 Å². The number of aliphatic hydroxyl groups is 1. The Labute approximate surface area is 60.2 Å². The minimum atomic E-state index is -1.21. The Kier molecular flexibility index (Phi) is 1.67. The summed E-state index contributed by atoms with van der Waals surface area (Å²) in [7, 11) is 0. The Bertz CT molecular complexity index is 173. The van der Waals surface area contributed by atoms with Gasteiger partial charge in [0.2, 0.25) is 5.60 Å². The van der Waals surface area contributed by atoms with Gasteiger partial charge in [0.25, 0.3) is 0 Å². The molecule has 0 aromatic heterocycles. The minimum Gasteiger partial charge on any atom is -0.371 e. The molecule has 0 amide bonds. The largest absolute Gasteiger partial charge is 0.371 e. The Morgan fingerprint density at radius 2 is 2.40 bits per heavy atom. The highest BCUT2D eigenvalue weighted by molar-refractivity contribution is 5.12. The van der Waals surface area contributed by atoms with Gasteiger partial charge in [-0.15, -0.1) is 0 Å². The lowest BCUT2D eigenvalue weighted by Gasteiger charge is -2.42. The third-order valence-corrected chi connectivity index (χ3v) is 1.75. The van der Waals surface area contributed by atoms with E-state index in [1.807, 2.05) is 19.9 Å². The number of nitrogens with zero attached hydrogens (tertiary/aromatic N) is 1. The second-order valence-corrected chi connectivity index (χ2v) is 3.01. The van der Waals surface area contributed by atoms with Crippen LogP contribution in [0.3, 0.4) is 0 Å². The van der Waals surface area contributed by atoms with Crippen molar-refractivity contribution in [2.45, 2.75) is 25.6 Å². The number of rotatable bonds is 1. The van der Waals surface area contributed by atoms with Gasteiger partial charge < -0.3 is 9.84 Å². The molecule has 3 heteroatoms. The normalized spacial score (nSPS) is 38.9. The van der Waals surface area contributed by atoms with Gasteiger partial charge in [0.1, 0.15) is 12.2 Å². The van der Waals surface area contributed by atoms with Gasteiger partial charge in [-0.3, -0.25) is 0 Å². The van der Waals surface area contributed by atoms with E-state index in [4.69, 9.17) is 10.00 Å². The lowest BCUT2D eigenvalue weighted by atomic mass is 9.86. The average Bonchev–Trinajstić information content (AvgIpc) is 1.83. The third-order valence-electron chi connectivity index (χ3n) is 1.75. The molecule has 1 heterocycles. The fourth-order valence-electron chi connectivity index (χ4n) is 1.18. The highest BCUT2D eigenvalue weighted by Gasteiger charge is 2.48. The van der Waals surface area contributed by atoms with E-state index in [1.54, 1.807) is 0 Å². The quantitative estimate of drug-likeness (QED) is 0.534. The van der Waals surface area contributed by atoms with Crippen molar-refractivity contribution < 1.29 is 9.84 Å². The summed E-state index contributed by atoms with van der Waals surface area (Å²) < 4.78 is 5.03. The second-order valence-electron chi connectivity index (χ2n) is 3.01. The summed E-state index contributed by atoms with van der Waals surface area (Å²) in [5, 5.41) is 17.8. The lowest BCUT2D eigenvalue weighted by molar-refractivity contribution is -0.221. The van der Waals surface area contributed by atoms with Gasteiger partial charge in [-0.25, -0.2) is 0 Å². The van der Waals surface area contributed by atoms with E-state index in [0.717, 1.165) is 0 Å². The van der Waals surface area contributed by atoms with Crippen LogP contribution < -0.4 is 0 Å². The molecule has 2 unspecified atom stereocenters. The molecule has 0 spiro atoms. The number of hydrogen-bond acceptors (Lipinski definition) is 3. The van der Waals surface area contributed by atoms with Crippen molar-refractivity contribution in [1.29, 1.82) is 5.26 Å². The second kappa shape index (κ2) is 2.22. The fraction of sp³-hybridized carbons (Fsp3) is 0.857. The number of ether oxygens (including phenoxy) is 1. The predicted molar refractivity (Wildman–Crippen MR) is 35.1 cm³/mol. The summed E-state index contributed by atoms with van der Waals surface area (Å²) in [4.78, 5) is 0. The molecular weight excluding hydrogens is 130 g/mol. The summed E-state index contributed by atoms with van der Waals surface area (Å²) >= 11 is 0. The summed E-state index contributed by atoms with van der Waals surface area (Å²) in [5.74, 6) is 0.207. The zero-order valence-corrected chi connectivity index (χ0v) is 6.16. The van der Waals surface area contributed by atoms with E-state index in [1.165, 1.54) is 0 Å². The molecule has 1 aliphatic rings. The first-order valence-corrected chi connectivity index (χ1v) is 3.35. The molecule has 1 aliphatic heterocycles. The van der Waals surface area contributed by atoms with E-state index in [-0.39, 0.29) is 18.6 Å². The van der Waals surface area contributed by atoms with E-state index >= 15 is 0 Å². The van der Waals surface area contributed by atoms with Crippen LogP contribution in [0.1, 0.15) is 13.8 Å². The van der Waals surface area contributed by atoms with Crippen LogP contribution in [0.25, 0.3) is 0 Å². The van der Waals surface area contributed by atoms with Crippen LogP contribution in [0, 0.1) is 17.2 Å². The van der Waals surface area contributed by atoms with Crippen LogP contribution in [0.5, 0.6) is 0 Å². The molecular formula is C7H11NO2. The molecule has 0 aliphatic carbocycles. The van der Waals surface area contributed by atoms with E-state index in [0.29, 0.717) is 0 Å². The molecule has 1 saturated heterocycles. The van der Waals surface area contributed by atoms with Crippen molar-refractivity contribution in [2.24, 2.45) is 5.92 Å². The standard InChI is InChI=1S/C7H11NO2/c1-5(2)6-7(9,3-8)4-10-6/h5-6,9H,4H2,1-2H3. The maximum Gasteiger partial charge on any atom is 0.201 e. The molecule has 3 nitrogen and oxygen atoms in total. The van der Waals surface area contributed by atoms with Crippen molar-refractivity contribution >= 4 is 0 Å². The molecule has 2 atom stereocenters. The average molecular weight is 141 g/mol. The summed E-state index contributed by atoms with van der Waals surface area (Å²) in [5.41, 5.74) is -1.21. The summed E-state index contributed by atoms with van der Waals surface area (Å²) in [6, 6.07) is 1.84. The minimum absolute atomic E-state index is 0.159. The zero-order chi connectivity index (χ0) is 7.78. The van der Waals surface area contributed by atoms with Gasteiger partial charge >= 0.3 is 0 Å². The first-order valence-electron chi connectivity index (χ1n) is 3.35. The molecule has 1 rings (SSSR count).